The van der Waals surface area contributed by atoms with Gasteiger partial charge in [-0.2, -0.15) is 10.2 Å². The van der Waals surface area contributed by atoms with Crippen molar-refractivity contribution in [1.29, 1.82) is 0 Å². The Balaban J connectivity index is 2.29. The van der Waals surface area contributed by atoms with E-state index in [1.54, 1.807) is 22.5 Å². The molecule has 0 amide bonds. The van der Waals surface area contributed by atoms with Gasteiger partial charge in [-0.1, -0.05) is 0 Å². The second-order valence-corrected chi connectivity index (χ2v) is 4.59. The molecule has 0 fully saturated rings. The zero-order valence-corrected chi connectivity index (χ0v) is 12.0. The monoisotopic (exact) mass is 278 g/mol. The van der Waals surface area contributed by atoms with Crippen molar-refractivity contribution in [3.63, 3.8) is 0 Å². The molecule has 0 saturated heterocycles. The molecule has 0 unspecified atom stereocenters. The van der Waals surface area contributed by atoms with Gasteiger partial charge >= 0.3 is 5.69 Å². The first-order valence-electron chi connectivity index (χ1n) is 6.38. The van der Waals surface area contributed by atoms with Crippen molar-refractivity contribution in [3.8, 4) is 0 Å². The quantitative estimate of drug-likeness (QED) is 0.665. The summed E-state index contributed by atoms with van der Waals surface area (Å²) in [6.45, 7) is 6.55. The molecule has 0 aliphatic carbocycles. The van der Waals surface area contributed by atoms with Crippen LogP contribution in [0, 0.1) is 24.0 Å². The van der Waals surface area contributed by atoms with Crippen molar-refractivity contribution in [3.05, 3.63) is 33.3 Å². The topological polar surface area (TPSA) is 90.8 Å². The van der Waals surface area contributed by atoms with Crippen molar-refractivity contribution in [2.24, 2.45) is 7.05 Å². The molecule has 8 nitrogen and oxygen atoms in total. The highest BCUT2D eigenvalue weighted by molar-refractivity contribution is 5.59. The van der Waals surface area contributed by atoms with Gasteiger partial charge in [-0.15, -0.1) is 0 Å². The van der Waals surface area contributed by atoms with Crippen LogP contribution in [0.2, 0.25) is 0 Å². The highest BCUT2D eigenvalue weighted by Crippen LogP contribution is 2.28. The van der Waals surface area contributed by atoms with Crippen LogP contribution < -0.4 is 5.32 Å². The first-order chi connectivity index (χ1) is 9.45. The second-order valence-electron chi connectivity index (χ2n) is 4.59. The smallest absolute Gasteiger partial charge is 0.333 e. The summed E-state index contributed by atoms with van der Waals surface area (Å²) in [5.41, 5.74) is 2.48. The van der Waals surface area contributed by atoms with Crippen LogP contribution in [0.3, 0.4) is 0 Å². The third-order valence-electron chi connectivity index (χ3n) is 3.36. The predicted molar refractivity (Wildman–Crippen MR) is 74.6 cm³/mol. The first-order valence-corrected chi connectivity index (χ1v) is 6.38. The van der Waals surface area contributed by atoms with Gasteiger partial charge < -0.3 is 5.32 Å². The van der Waals surface area contributed by atoms with Crippen molar-refractivity contribution in [2.45, 2.75) is 33.9 Å². The molecule has 2 aromatic heterocycles. The van der Waals surface area contributed by atoms with E-state index in [0.29, 0.717) is 24.6 Å². The van der Waals surface area contributed by atoms with Gasteiger partial charge in [-0.3, -0.25) is 14.8 Å². The number of rotatable bonds is 5. The Morgan fingerprint density at radius 1 is 1.45 bits per heavy atom. The van der Waals surface area contributed by atoms with Crippen molar-refractivity contribution in [1.82, 2.24) is 19.6 Å². The lowest BCUT2D eigenvalue weighted by Crippen LogP contribution is -2.09. The molecule has 2 rings (SSSR count). The summed E-state index contributed by atoms with van der Waals surface area (Å²) in [5.74, 6) is 0.443. The SMILES string of the molecule is CCn1nc(C)c([N+](=O)[O-])c1NCc1cnn(C)c1C. The number of aryl methyl sites for hydroxylation is 3. The van der Waals surface area contributed by atoms with E-state index in [1.807, 2.05) is 20.9 Å². The number of anilines is 1. The van der Waals surface area contributed by atoms with Gasteiger partial charge in [0.25, 0.3) is 0 Å². The minimum absolute atomic E-state index is 0.0355. The van der Waals surface area contributed by atoms with Crippen LogP contribution in [0.5, 0.6) is 0 Å². The summed E-state index contributed by atoms with van der Waals surface area (Å²) in [6, 6.07) is 0. The van der Waals surface area contributed by atoms with Crippen molar-refractivity contribution >= 4 is 11.5 Å². The van der Waals surface area contributed by atoms with E-state index < -0.39 is 4.92 Å². The first kappa shape index (κ1) is 14.0. The number of hydrogen-bond donors (Lipinski definition) is 1. The lowest BCUT2D eigenvalue weighted by Gasteiger charge is -2.07. The molecule has 0 aliphatic rings. The Labute approximate surface area is 116 Å². The minimum atomic E-state index is -0.396. The highest BCUT2D eigenvalue weighted by atomic mass is 16.6. The molecule has 0 aliphatic heterocycles. The minimum Gasteiger partial charge on any atom is -0.360 e. The summed E-state index contributed by atoms with van der Waals surface area (Å²) in [4.78, 5) is 10.8. The molecule has 2 aromatic rings. The maximum Gasteiger partial charge on any atom is 0.333 e. The lowest BCUT2D eigenvalue weighted by atomic mass is 10.2. The molecule has 8 heteroatoms. The maximum atomic E-state index is 11.1. The zero-order valence-electron chi connectivity index (χ0n) is 12.0. The third kappa shape index (κ3) is 2.36. The summed E-state index contributed by atoms with van der Waals surface area (Å²) in [7, 11) is 1.86. The van der Waals surface area contributed by atoms with Gasteiger partial charge in [-0.05, 0) is 20.8 Å². The number of hydrogen-bond acceptors (Lipinski definition) is 5. The van der Waals surface area contributed by atoms with Crippen LogP contribution in [0.25, 0.3) is 0 Å². The molecular formula is C12H18N6O2. The van der Waals surface area contributed by atoms with Gasteiger partial charge in [0.1, 0.15) is 5.69 Å². The lowest BCUT2D eigenvalue weighted by molar-refractivity contribution is -0.384. The second kappa shape index (κ2) is 5.32. The fourth-order valence-electron chi connectivity index (χ4n) is 2.09. The average Bonchev–Trinajstić information content (AvgIpc) is 2.89. The molecule has 0 radical (unpaired) electrons. The number of nitrogens with zero attached hydrogens (tertiary/aromatic N) is 5. The van der Waals surface area contributed by atoms with Crippen LogP contribution in [0.4, 0.5) is 11.5 Å². The van der Waals surface area contributed by atoms with Crippen molar-refractivity contribution in [2.75, 3.05) is 5.32 Å². The van der Waals surface area contributed by atoms with Crippen LogP contribution in [-0.4, -0.2) is 24.5 Å². The maximum absolute atomic E-state index is 11.1. The van der Waals surface area contributed by atoms with E-state index in [2.05, 4.69) is 15.5 Å². The van der Waals surface area contributed by atoms with Gasteiger partial charge in [0.15, 0.2) is 0 Å². The number of nitrogens with one attached hydrogen (secondary N) is 1. The Bertz CT molecular complexity index is 643. The summed E-state index contributed by atoms with van der Waals surface area (Å²) in [6.07, 6.45) is 1.76. The molecule has 0 saturated carbocycles. The molecule has 108 valence electrons. The molecule has 0 aromatic carbocycles. The average molecular weight is 278 g/mol. The van der Waals surface area contributed by atoms with E-state index in [0.717, 1.165) is 11.3 Å². The number of aromatic nitrogens is 4. The molecule has 2 heterocycles. The standard InChI is InChI=1S/C12H18N6O2/c1-5-17-12(11(18(19)20)8(2)15-17)13-6-10-7-14-16(4)9(10)3/h7,13H,5-6H2,1-4H3. The molecule has 1 N–H and O–H groups in total. The molecule has 0 bridgehead atoms. The fourth-order valence-corrected chi connectivity index (χ4v) is 2.09. The van der Waals surface area contributed by atoms with E-state index in [9.17, 15) is 10.1 Å². The zero-order chi connectivity index (χ0) is 14.9. The van der Waals surface area contributed by atoms with Crippen LogP contribution in [-0.2, 0) is 20.1 Å². The van der Waals surface area contributed by atoms with Gasteiger partial charge in [0.05, 0.1) is 11.1 Å². The third-order valence-corrected chi connectivity index (χ3v) is 3.36. The molecule has 0 spiro atoms. The molecule has 0 atom stereocenters. The van der Waals surface area contributed by atoms with Crippen LogP contribution in [0.1, 0.15) is 23.9 Å². The largest absolute Gasteiger partial charge is 0.360 e. The van der Waals surface area contributed by atoms with E-state index in [-0.39, 0.29) is 5.69 Å². The van der Waals surface area contributed by atoms with Crippen LogP contribution in [0.15, 0.2) is 6.20 Å². The van der Waals surface area contributed by atoms with Gasteiger partial charge in [0, 0.05) is 31.4 Å². The number of nitro groups is 1. The highest BCUT2D eigenvalue weighted by Gasteiger charge is 2.24. The normalized spacial score (nSPS) is 10.8. The van der Waals surface area contributed by atoms with E-state index >= 15 is 0 Å². The Hall–Kier alpha value is -2.38. The van der Waals surface area contributed by atoms with E-state index in [4.69, 9.17) is 0 Å². The van der Waals surface area contributed by atoms with Gasteiger partial charge in [-0.25, -0.2) is 4.68 Å². The summed E-state index contributed by atoms with van der Waals surface area (Å²) >= 11 is 0. The molecular weight excluding hydrogens is 260 g/mol. The van der Waals surface area contributed by atoms with E-state index in [1.165, 1.54) is 0 Å². The summed E-state index contributed by atoms with van der Waals surface area (Å²) in [5, 5.41) is 22.6. The molecule has 20 heavy (non-hydrogen) atoms. The Morgan fingerprint density at radius 3 is 2.65 bits per heavy atom. The predicted octanol–water partition coefficient (Wildman–Crippen LogP) is 1.77. The van der Waals surface area contributed by atoms with Crippen molar-refractivity contribution < 1.29 is 4.92 Å². The summed E-state index contributed by atoms with van der Waals surface area (Å²) < 4.78 is 3.38. The Morgan fingerprint density at radius 2 is 2.15 bits per heavy atom. The van der Waals surface area contributed by atoms with Crippen LogP contribution >= 0.6 is 0 Å². The van der Waals surface area contributed by atoms with Gasteiger partial charge in [0.2, 0.25) is 5.82 Å². The fraction of sp³-hybridized carbons (Fsp3) is 0.500. The Kier molecular flexibility index (Phi) is 3.73.